The molecule has 2 aromatic rings. The zero-order chi connectivity index (χ0) is 17.8. The van der Waals surface area contributed by atoms with E-state index in [-0.39, 0.29) is 24.3 Å². The zero-order valence-electron chi connectivity index (χ0n) is 13.6. The molecule has 132 valence electrons. The molecule has 0 fully saturated rings. The summed E-state index contributed by atoms with van der Waals surface area (Å²) in [6.45, 7) is 3.69. The van der Waals surface area contributed by atoms with Gasteiger partial charge in [-0.3, -0.25) is 0 Å². The lowest BCUT2D eigenvalue weighted by atomic mass is 10.1. The van der Waals surface area contributed by atoms with Gasteiger partial charge in [-0.05, 0) is 26.0 Å². The molecule has 0 saturated heterocycles. The molecule has 0 aromatic carbocycles. The van der Waals surface area contributed by atoms with Crippen LogP contribution < -0.4 is 10.6 Å². The third-order valence-electron chi connectivity index (χ3n) is 3.34. The molecule has 0 bridgehead atoms. The van der Waals surface area contributed by atoms with Crippen molar-refractivity contribution in [3.8, 4) is 11.7 Å². The highest BCUT2D eigenvalue weighted by Gasteiger charge is 2.30. The average molecular weight is 364 g/mol. The van der Waals surface area contributed by atoms with Crippen molar-refractivity contribution in [3.05, 3.63) is 29.7 Å². The van der Waals surface area contributed by atoms with Gasteiger partial charge >= 0.3 is 12.0 Å². The largest absolute Gasteiger partial charge is 0.463 e. The van der Waals surface area contributed by atoms with Crippen LogP contribution in [0.1, 0.15) is 13.8 Å². The summed E-state index contributed by atoms with van der Waals surface area (Å²) in [6.07, 6.45) is 1.51. The van der Waals surface area contributed by atoms with Gasteiger partial charge in [0.1, 0.15) is 0 Å². The fourth-order valence-electron chi connectivity index (χ4n) is 2.30. The number of hydrogen-bond donors (Lipinski definition) is 2. The number of urea groups is 1. The number of rotatable bonds is 6. The van der Waals surface area contributed by atoms with Crippen LogP contribution in [0.25, 0.3) is 11.7 Å². The summed E-state index contributed by atoms with van der Waals surface area (Å²) in [5.41, 5.74) is 0.831. The summed E-state index contributed by atoms with van der Waals surface area (Å²) < 4.78 is 15.7. The lowest BCUT2D eigenvalue weighted by Gasteiger charge is -2.26. The molecule has 25 heavy (non-hydrogen) atoms. The quantitative estimate of drug-likeness (QED) is 0.589. The van der Waals surface area contributed by atoms with E-state index in [4.69, 9.17) is 13.6 Å². The molecule has 0 saturated carbocycles. The maximum absolute atomic E-state index is 12.2. The number of aromatic nitrogens is 2. The number of carbonyl (C=O) groups is 2. The minimum atomic E-state index is -0.472. The van der Waals surface area contributed by atoms with E-state index in [1.54, 1.807) is 26.0 Å². The van der Waals surface area contributed by atoms with Crippen LogP contribution in [0.5, 0.6) is 0 Å². The predicted molar refractivity (Wildman–Crippen MR) is 87.5 cm³/mol. The van der Waals surface area contributed by atoms with Gasteiger partial charge in [-0.15, -0.1) is 10.2 Å². The number of nitrogens with zero attached hydrogens (tertiary/aromatic N) is 2. The Balaban J connectivity index is 1.75. The van der Waals surface area contributed by atoms with Crippen LogP contribution in [0.4, 0.5) is 4.79 Å². The van der Waals surface area contributed by atoms with Gasteiger partial charge in [-0.1, -0.05) is 11.8 Å². The van der Waals surface area contributed by atoms with Crippen molar-refractivity contribution in [2.45, 2.75) is 25.1 Å². The predicted octanol–water partition coefficient (Wildman–Crippen LogP) is 1.94. The number of furan rings is 1. The summed E-state index contributed by atoms with van der Waals surface area (Å²) >= 11 is 1.20. The van der Waals surface area contributed by atoms with Crippen molar-refractivity contribution in [2.75, 3.05) is 12.4 Å². The molecular weight excluding hydrogens is 348 g/mol. The lowest BCUT2D eigenvalue weighted by molar-refractivity contribution is -0.138. The van der Waals surface area contributed by atoms with Gasteiger partial charge in [0.2, 0.25) is 0 Å². The molecule has 10 heteroatoms. The van der Waals surface area contributed by atoms with Gasteiger partial charge in [-0.2, -0.15) is 0 Å². The first kappa shape index (κ1) is 17.1. The second kappa shape index (κ2) is 7.43. The van der Waals surface area contributed by atoms with Crippen LogP contribution in [-0.2, 0) is 9.53 Å². The third-order valence-corrected chi connectivity index (χ3v) is 4.19. The number of nitrogens with one attached hydrogen (secondary N) is 2. The van der Waals surface area contributed by atoms with Gasteiger partial charge in [0, 0.05) is 11.4 Å². The molecule has 2 amide bonds. The second-order valence-corrected chi connectivity index (χ2v) is 6.00. The topological polar surface area (TPSA) is 119 Å². The van der Waals surface area contributed by atoms with Gasteiger partial charge in [0.25, 0.3) is 11.1 Å². The van der Waals surface area contributed by atoms with Gasteiger partial charge in [0.05, 0.1) is 24.5 Å². The van der Waals surface area contributed by atoms with E-state index in [1.807, 2.05) is 0 Å². The molecule has 1 atom stereocenters. The highest BCUT2D eigenvalue weighted by molar-refractivity contribution is 7.99. The number of thioether (sulfide) groups is 1. The van der Waals surface area contributed by atoms with Crippen molar-refractivity contribution < 1.29 is 23.2 Å². The molecule has 1 unspecified atom stereocenters. The van der Waals surface area contributed by atoms with E-state index in [1.165, 1.54) is 18.0 Å². The number of esters is 1. The van der Waals surface area contributed by atoms with Gasteiger partial charge < -0.3 is 24.2 Å². The normalized spacial score (nSPS) is 17.2. The van der Waals surface area contributed by atoms with Crippen molar-refractivity contribution >= 4 is 23.8 Å². The molecule has 2 N–H and O–H groups in total. The van der Waals surface area contributed by atoms with E-state index in [0.29, 0.717) is 22.3 Å². The fourth-order valence-corrected chi connectivity index (χ4v) is 3.03. The number of amides is 2. The average Bonchev–Trinajstić information content (AvgIpc) is 3.23. The van der Waals surface area contributed by atoms with Crippen molar-refractivity contribution in [2.24, 2.45) is 0 Å². The molecule has 9 nitrogen and oxygen atoms in total. The Hall–Kier alpha value is -2.75. The number of hydrogen-bond acceptors (Lipinski definition) is 8. The molecule has 3 rings (SSSR count). The Bertz CT molecular complexity index is 799. The summed E-state index contributed by atoms with van der Waals surface area (Å²) in [6, 6.07) is 2.59. The molecule has 0 aliphatic carbocycles. The van der Waals surface area contributed by atoms with Crippen LogP contribution in [0.2, 0.25) is 0 Å². The van der Waals surface area contributed by atoms with E-state index < -0.39 is 12.0 Å². The first-order valence-corrected chi connectivity index (χ1v) is 8.55. The standard InChI is InChI=1S/C15H16N4O5S/c1-3-22-13(20)11-8(2)16-14(21)17-9(11)7-25-15-19-18-12(24-15)10-5-4-6-23-10/h4-6,8H,3,7H2,1-2H3,(H2,16,17,21). The molecule has 0 spiro atoms. The van der Waals surface area contributed by atoms with Crippen LogP contribution in [0.15, 0.2) is 43.7 Å². The van der Waals surface area contributed by atoms with E-state index in [2.05, 4.69) is 20.8 Å². The maximum Gasteiger partial charge on any atom is 0.337 e. The van der Waals surface area contributed by atoms with Crippen LogP contribution in [0, 0.1) is 0 Å². The van der Waals surface area contributed by atoms with Crippen LogP contribution in [0.3, 0.4) is 0 Å². The van der Waals surface area contributed by atoms with Crippen molar-refractivity contribution in [1.29, 1.82) is 0 Å². The first-order valence-electron chi connectivity index (χ1n) is 7.56. The molecule has 1 aliphatic rings. The Morgan fingerprint density at radius 1 is 1.44 bits per heavy atom. The molecule has 3 heterocycles. The molecular formula is C15H16N4O5S. The zero-order valence-corrected chi connectivity index (χ0v) is 14.4. The lowest BCUT2D eigenvalue weighted by Crippen LogP contribution is -2.49. The third kappa shape index (κ3) is 3.85. The second-order valence-electron chi connectivity index (χ2n) is 5.07. The summed E-state index contributed by atoms with van der Waals surface area (Å²) in [4.78, 5) is 23.9. The summed E-state index contributed by atoms with van der Waals surface area (Å²) in [7, 11) is 0. The summed E-state index contributed by atoms with van der Waals surface area (Å²) in [5, 5.41) is 13.4. The minimum absolute atomic E-state index is 0.250. The Morgan fingerprint density at radius 3 is 3.00 bits per heavy atom. The van der Waals surface area contributed by atoms with E-state index in [0.717, 1.165) is 0 Å². The maximum atomic E-state index is 12.2. The van der Waals surface area contributed by atoms with Gasteiger partial charge in [0.15, 0.2) is 5.76 Å². The molecule has 1 aliphatic heterocycles. The summed E-state index contributed by atoms with van der Waals surface area (Å²) in [5.74, 6) is 0.524. The Morgan fingerprint density at radius 2 is 2.28 bits per heavy atom. The first-order chi connectivity index (χ1) is 12.1. The highest BCUT2D eigenvalue weighted by atomic mass is 32.2. The monoisotopic (exact) mass is 364 g/mol. The van der Waals surface area contributed by atoms with Crippen LogP contribution >= 0.6 is 11.8 Å². The molecule has 0 radical (unpaired) electrons. The fraction of sp³-hybridized carbons (Fsp3) is 0.333. The van der Waals surface area contributed by atoms with Crippen molar-refractivity contribution in [3.63, 3.8) is 0 Å². The number of ether oxygens (including phenoxy) is 1. The smallest absolute Gasteiger partial charge is 0.337 e. The Kier molecular flexibility index (Phi) is 5.08. The van der Waals surface area contributed by atoms with E-state index in [9.17, 15) is 9.59 Å². The van der Waals surface area contributed by atoms with Gasteiger partial charge in [-0.25, -0.2) is 9.59 Å². The van der Waals surface area contributed by atoms with Crippen LogP contribution in [-0.4, -0.2) is 40.6 Å². The minimum Gasteiger partial charge on any atom is -0.463 e. The molecule has 2 aromatic heterocycles. The number of carbonyl (C=O) groups excluding carboxylic acids is 2. The SMILES string of the molecule is CCOC(=O)C1=C(CSc2nnc(-c3ccco3)o2)NC(=O)NC1C. The highest BCUT2D eigenvalue weighted by Crippen LogP contribution is 2.26. The van der Waals surface area contributed by atoms with E-state index >= 15 is 0 Å². The Labute approximate surface area is 147 Å². The van der Waals surface area contributed by atoms with Crippen molar-refractivity contribution in [1.82, 2.24) is 20.8 Å².